The third kappa shape index (κ3) is 5.03. The van der Waals surface area contributed by atoms with Crippen LogP contribution in [0.5, 0.6) is 5.75 Å². The van der Waals surface area contributed by atoms with Crippen LogP contribution < -0.4 is 10.1 Å². The van der Waals surface area contributed by atoms with Gasteiger partial charge in [-0.25, -0.2) is 4.79 Å². The lowest BCUT2D eigenvalue weighted by Gasteiger charge is -2.31. The van der Waals surface area contributed by atoms with Crippen molar-refractivity contribution in [3.05, 3.63) is 59.1 Å². The molecule has 2 rings (SSSR count). The number of Topliss-reactive ketones (excluding diaryl/α,β-unsaturated/α-hetero) is 1. The number of halogens is 2. The number of ether oxygens (including phenoxy) is 1. The number of anilines is 1. The van der Waals surface area contributed by atoms with E-state index in [9.17, 15) is 14.4 Å². The molecule has 2 aromatic rings. The maximum atomic E-state index is 12.9. The van der Waals surface area contributed by atoms with Crippen LogP contribution in [0.2, 0.25) is 5.02 Å². The van der Waals surface area contributed by atoms with E-state index in [0.717, 1.165) is 0 Å². The maximum absolute atomic E-state index is 12.9. The number of hydrogen-bond acceptors (Lipinski definition) is 4. The number of benzene rings is 2. The normalized spacial score (nSPS) is 13.3. The van der Waals surface area contributed by atoms with Crippen LogP contribution in [-0.2, 0) is 9.59 Å². The van der Waals surface area contributed by atoms with Crippen molar-refractivity contribution < 1.29 is 24.2 Å². The van der Waals surface area contributed by atoms with Gasteiger partial charge in [0.25, 0.3) is 5.91 Å². The second-order valence-electron chi connectivity index (χ2n) is 7.07. The van der Waals surface area contributed by atoms with E-state index in [1.54, 1.807) is 45.0 Å². The Labute approximate surface area is 172 Å². The van der Waals surface area contributed by atoms with Crippen molar-refractivity contribution >= 4 is 46.5 Å². The lowest BCUT2D eigenvalue weighted by atomic mass is 9.86. The lowest BCUT2D eigenvalue weighted by Crippen LogP contribution is -2.54. The second-order valence-corrected chi connectivity index (χ2v) is 8.04. The van der Waals surface area contributed by atoms with Gasteiger partial charge in [-0.1, -0.05) is 50.0 Å². The summed E-state index contributed by atoms with van der Waals surface area (Å²) in [6, 6.07) is 11.6. The molecule has 1 unspecified atom stereocenters. The van der Waals surface area contributed by atoms with Crippen molar-refractivity contribution in [3.8, 4) is 5.75 Å². The van der Waals surface area contributed by atoms with Gasteiger partial charge >= 0.3 is 11.0 Å². The van der Waals surface area contributed by atoms with Gasteiger partial charge in [-0.3, -0.25) is 9.59 Å². The van der Waals surface area contributed by atoms with E-state index in [1.165, 1.54) is 24.3 Å². The fourth-order valence-corrected chi connectivity index (χ4v) is 2.82. The van der Waals surface area contributed by atoms with Gasteiger partial charge in [0.05, 0.1) is 5.56 Å². The molecule has 1 amide bonds. The van der Waals surface area contributed by atoms with E-state index >= 15 is 0 Å². The number of rotatable bonds is 6. The molecule has 1 atom stereocenters. The van der Waals surface area contributed by atoms with Gasteiger partial charge < -0.3 is 15.2 Å². The van der Waals surface area contributed by atoms with Crippen molar-refractivity contribution in [2.45, 2.75) is 25.8 Å². The fraction of sp³-hybridized carbons (Fsp3) is 0.250. The Bertz CT molecular complexity index is 906. The van der Waals surface area contributed by atoms with Crippen molar-refractivity contribution in [1.82, 2.24) is 0 Å². The van der Waals surface area contributed by atoms with Crippen LogP contribution in [-0.4, -0.2) is 27.8 Å². The van der Waals surface area contributed by atoms with Gasteiger partial charge in [-0.15, -0.1) is 0 Å². The molecule has 148 valence electrons. The average Bonchev–Trinajstić information content (AvgIpc) is 2.62. The van der Waals surface area contributed by atoms with Crippen molar-refractivity contribution in [1.29, 1.82) is 0 Å². The van der Waals surface area contributed by atoms with Crippen LogP contribution in [0.4, 0.5) is 5.69 Å². The highest BCUT2D eigenvalue weighted by Crippen LogP contribution is 2.33. The zero-order chi connectivity index (χ0) is 21.1. The molecule has 0 aliphatic carbocycles. The Morgan fingerprint density at radius 1 is 1.04 bits per heavy atom. The first-order valence-electron chi connectivity index (χ1n) is 8.26. The highest BCUT2D eigenvalue weighted by Gasteiger charge is 2.51. The third-order valence-electron chi connectivity index (χ3n) is 3.71. The van der Waals surface area contributed by atoms with Gasteiger partial charge in [-0.2, -0.15) is 0 Å². The summed E-state index contributed by atoms with van der Waals surface area (Å²) in [4.78, 5) is 37.0. The predicted octanol–water partition coefficient (Wildman–Crippen LogP) is 4.61. The monoisotopic (exact) mass is 423 g/mol. The van der Waals surface area contributed by atoms with E-state index < -0.39 is 28.1 Å². The smallest absolute Gasteiger partial charge is 0.335 e. The largest absolute Gasteiger partial charge is 0.478 e. The number of alkyl halides is 1. The summed E-state index contributed by atoms with van der Waals surface area (Å²) in [7, 11) is 0. The summed E-state index contributed by atoms with van der Waals surface area (Å²) in [6.45, 7) is 4.79. The SMILES string of the molecule is CC(C)(C)C(=O)C(Cl)(Oc1cccc(C(=O)O)c1)C(=O)Nc1ccc(Cl)cc1. The number of ketones is 1. The minimum Gasteiger partial charge on any atom is -0.478 e. The molecule has 0 saturated carbocycles. The minimum atomic E-state index is -2.41. The fourth-order valence-electron chi connectivity index (χ4n) is 2.28. The summed E-state index contributed by atoms with van der Waals surface area (Å²) in [5, 5.41) is 9.72. The maximum Gasteiger partial charge on any atom is 0.335 e. The second kappa shape index (κ2) is 8.20. The number of amides is 1. The van der Waals surface area contributed by atoms with Gasteiger partial charge in [0, 0.05) is 16.1 Å². The van der Waals surface area contributed by atoms with Crippen LogP contribution in [0.1, 0.15) is 31.1 Å². The van der Waals surface area contributed by atoms with Gasteiger partial charge in [0.15, 0.2) is 0 Å². The Kier molecular flexibility index (Phi) is 6.37. The number of carbonyl (C=O) groups is 3. The lowest BCUT2D eigenvalue weighted by molar-refractivity contribution is -0.144. The number of carbonyl (C=O) groups excluding carboxylic acids is 2. The number of hydrogen-bond donors (Lipinski definition) is 2. The number of nitrogens with one attached hydrogen (secondary N) is 1. The first-order chi connectivity index (χ1) is 12.9. The zero-order valence-electron chi connectivity index (χ0n) is 15.5. The molecule has 8 heteroatoms. The average molecular weight is 424 g/mol. The Morgan fingerprint density at radius 3 is 2.18 bits per heavy atom. The van der Waals surface area contributed by atoms with Crippen molar-refractivity contribution in [2.24, 2.45) is 5.41 Å². The molecule has 2 aromatic carbocycles. The van der Waals surface area contributed by atoms with Gasteiger partial charge in [-0.05, 0) is 42.5 Å². The Morgan fingerprint density at radius 2 is 1.64 bits per heavy atom. The molecule has 0 fully saturated rings. The molecule has 0 aliphatic heterocycles. The summed E-state index contributed by atoms with van der Waals surface area (Å²) >= 11 is 12.2. The standard InChI is InChI=1S/C20H19Cl2NO5/c1-19(2,3)17(26)20(22,18(27)23-14-9-7-13(21)8-10-14)28-15-6-4-5-12(11-15)16(24)25/h4-11H,1-3H3,(H,23,27)(H,24,25). The third-order valence-corrected chi connectivity index (χ3v) is 4.38. The highest BCUT2D eigenvalue weighted by atomic mass is 35.5. The molecular weight excluding hydrogens is 405 g/mol. The van der Waals surface area contributed by atoms with E-state index in [0.29, 0.717) is 10.7 Å². The first-order valence-corrected chi connectivity index (χ1v) is 9.02. The predicted molar refractivity (Wildman–Crippen MR) is 107 cm³/mol. The quantitative estimate of drug-likeness (QED) is 0.522. The molecule has 0 heterocycles. The van der Waals surface area contributed by atoms with Crippen molar-refractivity contribution in [2.75, 3.05) is 5.32 Å². The Balaban J connectivity index is 2.40. The summed E-state index contributed by atoms with van der Waals surface area (Å²) in [5.41, 5.74) is -0.717. The van der Waals surface area contributed by atoms with Crippen LogP contribution in [0, 0.1) is 5.41 Å². The number of carboxylic acid groups (broad SMARTS) is 1. The van der Waals surface area contributed by atoms with Crippen LogP contribution >= 0.6 is 23.2 Å². The zero-order valence-corrected chi connectivity index (χ0v) is 17.0. The Hall–Kier alpha value is -2.57. The molecule has 0 saturated heterocycles. The summed E-state index contributed by atoms with van der Waals surface area (Å²) in [5.74, 6) is -2.80. The first kappa shape index (κ1) is 21.7. The summed E-state index contributed by atoms with van der Waals surface area (Å²) < 4.78 is 5.55. The van der Waals surface area contributed by atoms with E-state index in [-0.39, 0.29) is 11.3 Å². The van der Waals surface area contributed by atoms with Crippen LogP contribution in [0.15, 0.2) is 48.5 Å². The summed E-state index contributed by atoms with van der Waals surface area (Å²) in [6.07, 6.45) is 0. The molecule has 0 spiro atoms. The molecule has 28 heavy (non-hydrogen) atoms. The van der Waals surface area contributed by atoms with E-state index in [4.69, 9.17) is 33.0 Å². The van der Waals surface area contributed by atoms with Gasteiger partial charge in [0.2, 0.25) is 5.78 Å². The molecular formula is C20H19Cl2NO5. The molecule has 0 radical (unpaired) electrons. The minimum absolute atomic E-state index is 0.0289. The van der Waals surface area contributed by atoms with Gasteiger partial charge in [0.1, 0.15) is 5.75 Å². The topological polar surface area (TPSA) is 92.7 Å². The van der Waals surface area contributed by atoms with Crippen molar-refractivity contribution in [3.63, 3.8) is 0 Å². The molecule has 0 aliphatic rings. The molecule has 6 nitrogen and oxygen atoms in total. The van der Waals surface area contributed by atoms with Crippen LogP contribution in [0.25, 0.3) is 0 Å². The molecule has 0 aromatic heterocycles. The number of aromatic carboxylic acids is 1. The number of carboxylic acids is 1. The van der Waals surface area contributed by atoms with E-state index in [1.807, 2.05) is 0 Å². The van der Waals surface area contributed by atoms with E-state index in [2.05, 4.69) is 5.32 Å². The highest BCUT2D eigenvalue weighted by molar-refractivity contribution is 6.47. The molecule has 0 bridgehead atoms. The molecule has 2 N–H and O–H groups in total. The van der Waals surface area contributed by atoms with Crippen LogP contribution in [0.3, 0.4) is 0 Å².